The van der Waals surface area contributed by atoms with Crippen LogP contribution in [0, 0.1) is 5.92 Å². The van der Waals surface area contributed by atoms with Crippen LogP contribution in [0.3, 0.4) is 0 Å². The van der Waals surface area contributed by atoms with Crippen molar-refractivity contribution in [2.75, 3.05) is 6.54 Å². The molecule has 0 aliphatic carbocycles. The fourth-order valence-electron chi connectivity index (χ4n) is 1.95. The van der Waals surface area contributed by atoms with E-state index in [1.165, 1.54) is 19.4 Å². The molecule has 1 nitrogen and oxygen atoms in total. The second-order valence-electron chi connectivity index (χ2n) is 4.29. The molecule has 2 aromatic rings. The zero-order valence-corrected chi connectivity index (χ0v) is 13.9. The first kappa shape index (κ1) is 14.3. The van der Waals surface area contributed by atoms with Gasteiger partial charge in [0.25, 0.3) is 0 Å². The molecule has 1 aromatic carbocycles. The van der Waals surface area contributed by atoms with Gasteiger partial charge in [-0.3, -0.25) is 0 Å². The van der Waals surface area contributed by atoms with Gasteiger partial charge in [-0.05, 0) is 64.3 Å². The maximum atomic E-state index is 5.91. The summed E-state index contributed by atoms with van der Waals surface area (Å²) in [5.74, 6) is 0.485. The SMILES string of the molecule is NCC(Cc1ccccc1Br)Cc1sccc1Br. The minimum atomic E-state index is 0.485. The number of benzene rings is 1. The third-order valence-corrected chi connectivity index (χ3v) is 5.69. The molecule has 0 saturated heterocycles. The number of hydrogen-bond acceptors (Lipinski definition) is 2. The van der Waals surface area contributed by atoms with Crippen molar-refractivity contribution in [3.63, 3.8) is 0 Å². The minimum absolute atomic E-state index is 0.485. The minimum Gasteiger partial charge on any atom is -0.330 e. The standard InChI is InChI=1S/C14H15Br2NS/c15-12-4-2-1-3-11(12)7-10(9-17)8-14-13(16)5-6-18-14/h1-6,10H,7-9,17H2. The number of thiophene rings is 1. The molecule has 4 heteroatoms. The Labute approximate surface area is 129 Å². The van der Waals surface area contributed by atoms with Crippen molar-refractivity contribution in [2.24, 2.45) is 11.7 Å². The van der Waals surface area contributed by atoms with Crippen LogP contribution in [0.15, 0.2) is 44.7 Å². The molecule has 0 spiro atoms. The molecule has 1 unspecified atom stereocenters. The Morgan fingerprint density at radius 2 is 1.83 bits per heavy atom. The van der Waals surface area contributed by atoms with E-state index in [-0.39, 0.29) is 0 Å². The average Bonchev–Trinajstić information content (AvgIpc) is 2.77. The van der Waals surface area contributed by atoms with E-state index in [1.807, 2.05) is 6.07 Å². The summed E-state index contributed by atoms with van der Waals surface area (Å²) in [6.07, 6.45) is 2.05. The van der Waals surface area contributed by atoms with Gasteiger partial charge in [0.2, 0.25) is 0 Å². The largest absolute Gasteiger partial charge is 0.330 e. The summed E-state index contributed by atoms with van der Waals surface area (Å²) in [7, 11) is 0. The predicted octanol–water partition coefficient (Wildman–Crippen LogP) is 4.63. The third-order valence-electron chi connectivity index (χ3n) is 2.96. The van der Waals surface area contributed by atoms with Gasteiger partial charge in [-0.2, -0.15) is 0 Å². The molecule has 18 heavy (non-hydrogen) atoms. The van der Waals surface area contributed by atoms with Crippen LogP contribution in [0.4, 0.5) is 0 Å². The topological polar surface area (TPSA) is 26.0 Å². The van der Waals surface area contributed by atoms with Crippen LogP contribution in [0.5, 0.6) is 0 Å². The number of hydrogen-bond donors (Lipinski definition) is 1. The van der Waals surface area contributed by atoms with Crippen molar-refractivity contribution in [1.82, 2.24) is 0 Å². The summed E-state index contributed by atoms with van der Waals surface area (Å²) in [5.41, 5.74) is 7.25. The molecule has 1 atom stereocenters. The summed E-state index contributed by atoms with van der Waals surface area (Å²) in [4.78, 5) is 1.39. The number of halogens is 2. The molecule has 0 aliphatic rings. The van der Waals surface area contributed by atoms with Crippen LogP contribution < -0.4 is 5.73 Å². The molecule has 1 heterocycles. The number of rotatable bonds is 5. The second kappa shape index (κ2) is 6.85. The monoisotopic (exact) mass is 387 g/mol. The zero-order chi connectivity index (χ0) is 13.0. The summed E-state index contributed by atoms with van der Waals surface area (Å²) in [5, 5.41) is 2.12. The van der Waals surface area contributed by atoms with Gasteiger partial charge in [0.1, 0.15) is 0 Å². The van der Waals surface area contributed by atoms with Crippen molar-refractivity contribution in [2.45, 2.75) is 12.8 Å². The molecule has 0 aliphatic heterocycles. The van der Waals surface area contributed by atoms with Crippen LogP contribution in [0.25, 0.3) is 0 Å². The first-order valence-electron chi connectivity index (χ1n) is 5.86. The summed E-state index contributed by atoms with van der Waals surface area (Å²) >= 11 is 8.98. The van der Waals surface area contributed by atoms with Gasteiger partial charge in [0.05, 0.1) is 0 Å². The van der Waals surface area contributed by atoms with Crippen LogP contribution >= 0.6 is 43.2 Å². The molecular weight excluding hydrogens is 374 g/mol. The van der Waals surface area contributed by atoms with Gasteiger partial charge >= 0.3 is 0 Å². The lowest BCUT2D eigenvalue weighted by atomic mass is 9.96. The van der Waals surface area contributed by atoms with E-state index in [1.54, 1.807) is 11.3 Å². The molecule has 96 valence electrons. The van der Waals surface area contributed by atoms with Gasteiger partial charge in [0.15, 0.2) is 0 Å². The summed E-state index contributed by atoms with van der Waals surface area (Å²) in [6, 6.07) is 10.5. The Balaban J connectivity index is 2.06. The van der Waals surface area contributed by atoms with Crippen molar-refractivity contribution >= 4 is 43.2 Å². The maximum absolute atomic E-state index is 5.91. The molecule has 0 amide bonds. The van der Waals surface area contributed by atoms with Crippen molar-refractivity contribution in [1.29, 1.82) is 0 Å². The lowest BCUT2D eigenvalue weighted by molar-refractivity contribution is 0.536. The normalized spacial score (nSPS) is 12.6. The second-order valence-corrected chi connectivity index (χ2v) is 7.00. The van der Waals surface area contributed by atoms with E-state index >= 15 is 0 Å². The maximum Gasteiger partial charge on any atom is 0.0314 e. The van der Waals surface area contributed by atoms with Crippen LogP contribution in [-0.4, -0.2) is 6.54 Å². The first-order valence-corrected chi connectivity index (χ1v) is 8.32. The van der Waals surface area contributed by atoms with E-state index in [0.29, 0.717) is 12.5 Å². The number of nitrogens with two attached hydrogens (primary N) is 1. The molecule has 0 radical (unpaired) electrons. The van der Waals surface area contributed by atoms with Crippen LogP contribution in [0.1, 0.15) is 10.4 Å². The summed E-state index contributed by atoms with van der Waals surface area (Å²) < 4.78 is 2.38. The van der Waals surface area contributed by atoms with Crippen LogP contribution in [-0.2, 0) is 12.8 Å². The van der Waals surface area contributed by atoms with Gasteiger partial charge in [0, 0.05) is 13.8 Å². The van der Waals surface area contributed by atoms with E-state index < -0.39 is 0 Å². The molecule has 0 fully saturated rings. The lowest BCUT2D eigenvalue weighted by Crippen LogP contribution is -2.19. The highest BCUT2D eigenvalue weighted by Crippen LogP contribution is 2.27. The van der Waals surface area contributed by atoms with E-state index in [9.17, 15) is 0 Å². The third kappa shape index (κ3) is 3.67. The fraction of sp³-hybridized carbons (Fsp3) is 0.286. The molecular formula is C14H15Br2NS. The van der Waals surface area contributed by atoms with Crippen molar-refractivity contribution < 1.29 is 0 Å². The van der Waals surface area contributed by atoms with Gasteiger partial charge < -0.3 is 5.73 Å². The van der Waals surface area contributed by atoms with Crippen molar-refractivity contribution in [3.8, 4) is 0 Å². The molecule has 0 saturated carbocycles. The highest BCUT2D eigenvalue weighted by Gasteiger charge is 2.13. The quantitative estimate of drug-likeness (QED) is 0.793. The Morgan fingerprint density at radius 1 is 1.06 bits per heavy atom. The van der Waals surface area contributed by atoms with E-state index in [4.69, 9.17) is 5.73 Å². The van der Waals surface area contributed by atoms with Gasteiger partial charge in [-0.15, -0.1) is 11.3 Å². The first-order chi connectivity index (χ1) is 8.70. The highest BCUT2D eigenvalue weighted by atomic mass is 79.9. The highest BCUT2D eigenvalue weighted by molar-refractivity contribution is 9.10. The lowest BCUT2D eigenvalue weighted by Gasteiger charge is -2.15. The smallest absolute Gasteiger partial charge is 0.0314 e. The van der Waals surface area contributed by atoms with Crippen molar-refractivity contribution in [3.05, 3.63) is 55.1 Å². The summed E-state index contributed by atoms with van der Waals surface area (Å²) in [6.45, 7) is 0.714. The van der Waals surface area contributed by atoms with Crippen LogP contribution in [0.2, 0.25) is 0 Å². The molecule has 1 aromatic heterocycles. The molecule has 0 bridgehead atoms. The van der Waals surface area contributed by atoms with E-state index in [0.717, 1.165) is 12.8 Å². The Bertz CT molecular complexity index is 510. The van der Waals surface area contributed by atoms with Gasteiger partial charge in [-0.1, -0.05) is 34.1 Å². The predicted molar refractivity (Wildman–Crippen MR) is 86.1 cm³/mol. The molecule has 2 N–H and O–H groups in total. The molecule has 2 rings (SSSR count). The Kier molecular flexibility index (Phi) is 5.42. The Morgan fingerprint density at radius 3 is 2.44 bits per heavy atom. The Hall–Kier alpha value is -0.160. The van der Waals surface area contributed by atoms with E-state index in [2.05, 4.69) is 61.5 Å². The zero-order valence-electron chi connectivity index (χ0n) is 9.90. The average molecular weight is 389 g/mol. The van der Waals surface area contributed by atoms with Gasteiger partial charge in [-0.25, -0.2) is 0 Å². The fourth-order valence-corrected chi connectivity index (χ4v) is 4.02.